The Kier molecular flexibility index (Phi) is 4.31. The van der Waals surface area contributed by atoms with Crippen LogP contribution in [-0.4, -0.2) is 26.3 Å². The summed E-state index contributed by atoms with van der Waals surface area (Å²) in [6, 6.07) is 10.6. The molecule has 2 N–H and O–H groups in total. The van der Waals surface area contributed by atoms with E-state index in [2.05, 4.69) is 14.1 Å². The Labute approximate surface area is 151 Å². The predicted molar refractivity (Wildman–Crippen MR) is 96.7 cm³/mol. The molecule has 4 rings (SSSR count). The summed E-state index contributed by atoms with van der Waals surface area (Å²) in [4.78, 5) is 12.2. The average molecular weight is 371 g/mol. The predicted octanol–water partition coefficient (Wildman–Crippen LogP) is 3.48. The molecule has 8 heteroatoms. The van der Waals surface area contributed by atoms with E-state index in [1.807, 2.05) is 22.9 Å². The fourth-order valence-corrected chi connectivity index (χ4v) is 3.57. The molecule has 0 aliphatic carbocycles. The minimum Gasteiger partial charge on any atom is -0.458 e. The van der Waals surface area contributed by atoms with E-state index in [9.17, 15) is 9.90 Å². The standard InChI is InChI=1S/C17H13N3O3S2/c21-14(16-4-3-15(23-16)11-5-6-24-9-11)8-18-17(22)10-1-2-12-13(7-10)20-25-19-12/h1-7,9,14,21H,8H2,(H,18,22)/t14-/m1/s1. The van der Waals surface area contributed by atoms with Crippen LogP contribution < -0.4 is 5.32 Å². The van der Waals surface area contributed by atoms with Gasteiger partial charge in [0, 0.05) is 16.5 Å². The highest BCUT2D eigenvalue weighted by Crippen LogP contribution is 2.26. The number of nitrogens with one attached hydrogen (secondary N) is 1. The Morgan fingerprint density at radius 3 is 2.92 bits per heavy atom. The van der Waals surface area contributed by atoms with Gasteiger partial charge in [-0.05, 0) is 41.8 Å². The second-order valence-electron chi connectivity index (χ2n) is 5.41. The maximum absolute atomic E-state index is 12.2. The molecule has 0 saturated heterocycles. The lowest BCUT2D eigenvalue weighted by atomic mass is 10.2. The molecule has 0 bridgehead atoms. The van der Waals surface area contributed by atoms with E-state index < -0.39 is 6.10 Å². The van der Waals surface area contributed by atoms with Gasteiger partial charge in [0.25, 0.3) is 5.91 Å². The molecule has 1 atom stereocenters. The molecular weight excluding hydrogens is 358 g/mol. The lowest BCUT2D eigenvalue weighted by molar-refractivity contribution is 0.0902. The lowest BCUT2D eigenvalue weighted by Crippen LogP contribution is -2.28. The van der Waals surface area contributed by atoms with E-state index in [-0.39, 0.29) is 12.5 Å². The fraction of sp³-hybridized carbons (Fsp3) is 0.118. The zero-order valence-corrected chi connectivity index (χ0v) is 14.5. The molecule has 0 radical (unpaired) electrons. The second-order valence-corrected chi connectivity index (χ2v) is 6.72. The number of furan rings is 1. The summed E-state index contributed by atoms with van der Waals surface area (Å²) < 4.78 is 13.9. The van der Waals surface area contributed by atoms with Crippen molar-refractivity contribution in [3.8, 4) is 11.3 Å². The van der Waals surface area contributed by atoms with Crippen molar-refractivity contribution in [2.24, 2.45) is 0 Å². The number of fused-ring (bicyclic) bond motifs is 1. The minimum absolute atomic E-state index is 0.0583. The quantitative estimate of drug-likeness (QED) is 0.561. The number of hydrogen-bond donors (Lipinski definition) is 2. The maximum atomic E-state index is 12.2. The smallest absolute Gasteiger partial charge is 0.251 e. The number of carbonyl (C=O) groups excluding carboxylic acids is 1. The van der Waals surface area contributed by atoms with Crippen LogP contribution in [0.3, 0.4) is 0 Å². The Balaban J connectivity index is 1.41. The molecule has 6 nitrogen and oxygen atoms in total. The number of hydrogen-bond acceptors (Lipinski definition) is 7. The Morgan fingerprint density at radius 1 is 1.20 bits per heavy atom. The fourth-order valence-electron chi connectivity index (χ4n) is 2.41. The zero-order chi connectivity index (χ0) is 17.2. The second kappa shape index (κ2) is 6.75. The van der Waals surface area contributed by atoms with Crippen molar-refractivity contribution in [2.45, 2.75) is 6.10 Å². The van der Waals surface area contributed by atoms with Gasteiger partial charge in [-0.15, -0.1) is 0 Å². The Hall–Kier alpha value is -2.55. The number of nitrogens with zero attached hydrogens (tertiary/aromatic N) is 2. The number of amides is 1. The summed E-state index contributed by atoms with van der Waals surface area (Å²) in [6.45, 7) is 0.0583. The molecule has 3 heterocycles. The third kappa shape index (κ3) is 3.32. The molecule has 0 spiro atoms. The summed E-state index contributed by atoms with van der Waals surface area (Å²) in [5.41, 5.74) is 2.89. The van der Waals surface area contributed by atoms with Crippen LogP contribution in [0.4, 0.5) is 0 Å². The van der Waals surface area contributed by atoms with Crippen LogP contribution in [0.1, 0.15) is 22.2 Å². The Bertz CT molecular complexity index is 1010. The number of aromatic nitrogens is 2. The number of aliphatic hydroxyl groups is 1. The van der Waals surface area contributed by atoms with Gasteiger partial charge in [0.2, 0.25) is 0 Å². The monoisotopic (exact) mass is 371 g/mol. The molecule has 0 aliphatic rings. The number of benzene rings is 1. The first kappa shape index (κ1) is 15.9. The summed E-state index contributed by atoms with van der Waals surface area (Å²) in [7, 11) is 0. The average Bonchev–Trinajstić information content (AvgIpc) is 3.38. The van der Waals surface area contributed by atoms with Gasteiger partial charge in [0.1, 0.15) is 28.7 Å². The van der Waals surface area contributed by atoms with Gasteiger partial charge < -0.3 is 14.8 Å². The van der Waals surface area contributed by atoms with Crippen molar-refractivity contribution < 1.29 is 14.3 Å². The molecule has 0 unspecified atom stereocenters. The number of carbonyl (C=O) groups is 1. The molecule has 126 valence electrons. The van der Waals surface area contributed by atoms with Gasteiger partial charge in [-0.3, -0.25) is 4.79 Å². The van der Waals surface area contributed by atoms with Crippen LogP contribution in [0.25, 0.3) is 22.4 Å². The van der Waals surface area contributed by atoms with E-state index in [0.717, 1.165) is 22.8 Å². The van der Waals surface area contributed by atoms with Crippen molar-refractivity contribution >= 4 is 40.0 Å². The maximum Gasteiger partial charge on any atom is 0.251 e. The number of rotatable bonds is 5. The van der Waals surface area contributed by atoms with Crippen molar-refractivity contribution in [1.29, 1.82) is 0 Å². The van der Waals surface area contributed by atoms with Gasteiger partial charge in [0.05, 0.1) is 18.3 Å². The van der Waals surface area contributed by atoms with Crippen LogP contribution >= 0.6 is 23.1 Å². The van der Waals surface area contributed by atoms with Crippen molar-refractivity contribution in [3.05, 3.63) is 58.5 Å². The first-order chi connectivity index (χ1) is 12.2. The van der Waals surface area contributed by atoms with Crippen LogP contribution in [0.5, 0.6) is 0 Å². The van der Waals surface area contributed by atoms with Crippen molar-refractivity contribution in [2.75, 3.05) is 6.54 Å². The summed E-state index contributed by atoms with van der Waals surface area (Å²) >= 11 is 2.68. The largest absolute Gasteiger partial charge is 0.458 e. The highest BCUT2D eigenvalue weighted by atomic mass is 32.1. The molecule has 1 aromatic carbocycles. The van der Waals surface area contributed by atoms with Crippen molar-refractivity contribution in [1.82, 2.24) is 14.1 Å². The molecule has 0 aliphatic heterocycles. The van der Waals surface area contributed by atoms with Gasteiger partial charge in [-0.25, -0.2) is 0 Å². The molecule has 0 fully saturated rings. The summed E-state index contributed by atoms with van der Waals surface area (Å²) in [6.07, 6.45) is -0.916. The van der Waals surface area contributed by atoms with Crippen molar-refractivity contribution in [3.63, 3.8) is 0 Å². The van der Waals surface area contributed by atoms with Gasteiger partial charge in [-0.2, -0.15) is 20.1 Å². The molecule has 0 saturated carbocycles. The van der Waals surface area contributed by atoms with Gasteiger partial charge in [-0.1, -0.05) is 0 Å². The van der Waals surface area contributed by atoms with E-state index in [0.29, 0.717) is 22.6 Å². The third-order valence-electron chi connectivity index (χ3n) is 3.73. The first-order valence-corrected chi connectivity index (χ1v) is 9.19. The molecule has 3 aromatic heterocycles. The van der Waals surface area contributed by atoms with Gasteiger partial charge in [0.15, 0.2) is 0 Å². The summed E-state index contributed by atoms with van der Waals surface area (Å²) in [5.74, 6) is 0.835. The lowest BCUT2D eigenvalue weighted by Gasteiger charge is -2.09. The highest BCUT2D eigenvalue weighted by molar-refractivity contribution is 7.08. The molecule has 25 heavy (non-hydrogen) atoms. The van der Waals surface area contributed by atoms with E-state index >= 15 is 0 Å². The zero-order valence-electron chi connectivity index (χ0n) is 12.9. The normalized spacial score (nSPS) is 12.4. The topological polar surface area (TPSA) is 88.2 Å². The van der Waals surface area contributed by atoms with Crippen LogP contribution in [0.2, 0.25) is 0 Å². The Morgan fingerprint density at radius 2 is 2.08 bits per heavy atom. The SMILES string of the molecule is O=C(NC[C@@H](O)c1ccc(-c2ccsc2)o1)c1ccc2nsnc2c1. The van der Waals surface area contributed by atoms with Crippen LogP contribution in [0, 0.1) is 0 Å². The third-order valence-corrected chi connectivity index (χ3v) is 4.97. The van der Waals surface area contributed by atoms with E-state index in [1.54, 1.807) is 35.6 Å². The molecule has 4 aromatic rings. The first-order valence-electron chi connectivity index (χ1n) is 7.51. The molecular formula is C17H13N3O3S2. The van der Waals surface area contributed by atoms with Crippen LogP contribution in [-0.2, 0) is 0 Å². The van der Waals surface area contributed by atoms with E-state index in [4.69, 9.17) is 4.42 Å². The number of thiophene rings is 1. The number of aliphatic hydroxyl groups excluding tert-OH is 1. The van der Waals surface area contributed by atoms with Gasteiger partial charge >= 0.3 is 0 Å². The molecule has 1 amide bonds. The van der Waals surface area contributed by atoms with Crippen LogP contribution in [0.15, 0.2) is 51.6 Å². The van der Waals surface area contributed by atoms with E-state index in [1.165, 1.54) is 0 Å². The highest BCUT2D eigenvalue weighted by Gasteiger charge is 2.16. The minimum atomic E-state index is -0.916. The summed E-state index contributed by atoms with van der Waals surface area (Å²) in [5, 5.41) is 16.9.